The van der Waals surface area contributed by atoms with E-state index in [9.17, 15) is 5.21 Å². The van der Waals surface area contributed by atoms with Gasteiger partial charge in [0.25, 0.3) is 0 Å². The van der Waals surface area contributed by atoms with Crippen LogP contribution < -0.4 is 5.73 Å². The van der Waals surface area contributed by atoms with Crippen LogP contribution in [0.5, 0.6) is 0 Å². The first-order valence-electron chi connectivity index (χ1n) is 4.38. The van der Waals surface area contributed by atoms with E-state index < -0.39 is 0 Å². The topological polar surface area (TPSA) is 74.2 Å². The fraction of sp³-hybridized carbons (Fsp3) is 0.333. The van der Waals surface area contributed by atoms with Crippen LogP contribution >= 0.6 is 0 Å². The van der Waals surface area contributed by atoms with Crippen molar-refractivity contribution in [2.45, 2.75) is 6.04 Å². The van der Waals surface area contributed by atoms with E-state index in [1.165, 1.54) is 7.05 Å². The van der Waals surface area contributed by atoms with E-state index in [-0.39, 0.29) is 17.9 Å². The van der Waals surface area contributed by atoms with E-state index in [1.54, 1.807) is 0 Å². The number of rotatable bonds is 0. The van der Waals surface area contributed by atoms with Crippen LogP contribution in [0.2, 0.25) is 0 Å². The van der Waals surface area contributed by atoms with Gasteiger partial charge in [0, 0.05) is 7.05 Å². The van der Waals surface area contributed by atoms with Crippen LogP contribution in [0.15, 0.2) is 34.3 Å². The molecule has 1 aliphatic carbocycles. The Morgan fingerprint density at radius 1 is 1.43 bits per heavy atom. The van der Waals surface area contributed by atoms with Gasteiger partial charge in [0.05, 0.1) is 12.0 Å². The van der Waals surface area contributed by atoms with Gasteiger partial charge in [-0.05, 0) is 0 Å². The second-order valence-electron chi connectivity index (χ2n) is 3.28. The molecule has 14 heavy (non-hydrogen) atoms. The number of fused-ring (bicyclic) bond motifs is 1. The molecular formula is C9H12N4O. The Kier molecular flexibility index (Phi) is 2.09. The molecule has 2 rings (SSSR count). The van der Waals surface area contributed by atoms with Gasteiger partial charge in [-0.1, -0.05) is 24.3 Å². The van der Waals surface area contributed by atoms with E-state index in [0.29, 0.717) is 5.84 Å². The van der Waals surface area contributed by atoms with Gasteiger partial charge < -0.3 is 5.73 Å². The van der Waals surface area contributed by atoms with Gasteiger partial charge in [0.15, 0.2) is 0 Å². The number of guanidine groups is 1. The van der Waals surface area contributed by atoms with Crippen molar-refractivity contribution < 1.29 is 5.21 Å². The highest BCUT2D eigenvalue weighted by atomic mass is 16.5. The molecule has 2 atom stereocenters. The lowest BCUT2D eigenvalue weighted by Crippen LogP contribution is -2.39. The molecule has 0 fully saturated rings. The van der Waals surface area contributed by atoms with E-state index >= 15 is 0 Å². The lowest BCUT2D eigenvalue weighted by Gasteiger charge is -2.26. The van der Waals surface area contributed by atoms with Crippen LogP contribution in [-0.2, 0) is 0 Å². The van der Waals surface area contributed by atoms with Crippen LogP contribution in [0.4, 0.5) is 0 Å². The smallest absolute Gasteiger partial charge is 0.246 e. The summed E-state index contributed by atoms with van der Waals surface area (Å²) in [7, 11) is 1.47. The molecule has 2 aliphatic rings. The number of allylic oxidation sites excluding steroid dienone is 2. The minimum atomic E-state index is -0.0397. The van der Waals surface area contributed by atoms with Crippen molar-refractivity contribution in [1.82, 2.24) is 5.06 Å². The Bertz CT molecular complexity index is 354. The monoisotopic (exact) mass is 192 g/mol. The van der Waals surface area contributed by atoms with Crippen LogP contribution in [0.3, 0.4) is 0 Å². The van der Waals surface area contributed by atoms with Crippen molar-refractivity contribution >= 4 is 11.8 Å². The molecule has 0 spiro atoms. The van der Waals surface area contributed by atoms with Gasteiger partial charge in [-0.25, -0.2) is 10.1 Å². The minimum Gasteiger partial charge on any atom is -0.386 e. The molecular weight excluding hydrogens is 180 g/mol. The molecule has 5 nitrogen and oxygen atoms in total. The third kappa shape index (κ3) is 1.42. The SMILES string of the molecule is CN(O)C1=NC2C=CC=CC2C(N)=N1. The van der Waals surface area contributed by atoms with Crippen molar-refractivity contribution in [2.24, 2.45) is 21.6 Å². The largest absolute Gasteiger partial charge is 0.386 e. The lowest BCUT2D eigenvalue weighted by molar-refractivity contribution is 0.0113. The van der Waals surface area contributed by atoms with E-state index in [0.717, 1.165) is 5.06 Å². The number of hydroxylamine groups is 2. The molecule has 0 aromatic carbocycles. The summed E-state index contributed by atoms with van der Waals surface area (Å²) < 4.78 is 0. The van der Waals surface area contributed by atoms with Crippen LogP contribution in [-0.4, -0.2) is 35.2 Å². The molecule has 3 N–H and O–H groups in total. The van der Waals surface area contributed by atoms with Crippen molar-refractivity contribution in [3.63, 3.8) is 0 Å². The highest BCUT2D eigenvalue weighted by molar-refractivity contribution is 5.99. The molecule has 0 radical (unpaired) electrons. The van der Waals surface area contributed by atoms with Gasteiger partial charge in [-0.3, -0.25) is 5.21 Å². The Morgan fingerprint density at radius 2 is 2.14 bits per heavy atom. The van der Waals surface area contributed by atoms with Crippen molar-refractivity contribution in [2.75, 3.05) is 7.05 Å². The first-order chi connectivity index (χ1) is 6.68. The third-order valence-corrected chi connectivity index (χ3v) is 2.23. The summed E-state index contributed by atoms with van der Waals surface area (Å²) in [6.45, 7) is 0. The molecule has 1 heterocycles. The zero-order valence-corrected chi connectivity index (χ0v) is 7.83. The van der Waals surface area contributed by atoms with Gasteiger partial charge >= 0.3 is 0 Å². The first kappa shape index (κ1) is 8.96. The fourth-order valence-electron chi connectivity index (χ4n) is 1.50. The van der Waals surface area contributed by atoms with E-state index in [2.05, 4.69) is 9.98 Å². The summed E-state index contributed by atoms with van der Waals surface area (Å²) in [6, 6.07) is -0.0397. The van der Waals surface area contributed by atoms with Crippen molar-refractivity contribution in [1.29, 1.82) is 0 Å². The quantitative estimate of drug-likeness (QED) is 0.536. The molecule has 74 valence electrons. The van der Waals surface area contributed by atoms with Gasteiger partial charge in [-0.2, -0.15) is 4.99 Å². The maximum Gasteiger partial charge on any atom is 0.246 e. The predicted molar refractivity (Wildman–Crippen MR) is 54.2 cm³/mol. The van der Waals surface area contributed by atoms with Gasteiger partial charge in [0.1, 0.15) is 5.84 Å². The van der Waals surface area contributed by atoms with Crippen LogP contribution in [0.25, 0.3) is 0 Å². The Hall–Kier alpha value is -1.62. The van der Waals surface area contributed by atoms with Gasteiger partial charge in [-0.15, -0.1) is 0 Å². The Labute approximate surface area is 81.9 Å². The molecule has 2 unspecified atom stereocenters. The van der Waals surface area contributed by atoms with Gasteiger partial charge in [0.2, 0.25) is 5.96 Å². The first-order valence-corrected chi connectivity index (χ1v) is 4.38. The normalized spacial score (nSPS) is 29.3. The molecule has 1 aliphatic heterocycles. The number of amidine groups is 1. The summed E-state index contributed by atoms with van der Waals surface area (Å²) in [6.07, 6.45) is 7.74. The molecule has 5 heteroatoms. The Balaban J connectivity index is 2.32. The minimum absolute atomic E-state index is 0.0312. The van der Waals surface area contributed by atoms with Crippen LogP contribution in [0.1, 0.15) is 0 Å². The van der Waals surface area contributed by atoms with Crippen LogP contribution in [0, 0.1) is 5.92 Å². The molecule has 0 aromatic heterocycles. The Morgan fingerprint density at radius 3 is 2.86 bits per heavy atom. The molecule has 0 saturated heterocycles. The van der Waals surface area contributed by atoms with Crippen molar-refractivity contribution in [3.8, 4) is 0 Å². The number of nitrogens with zero attached hydrogens (tertiary/aromatic N) is 3. The summed E-state index contributed by atoms with van der Waals surface area (Å²) in [5.41, 5.74) is 5.76. The zero-order valence-electron chi connectivity index (χ0n) is 7.83. The molecule has 0 aromatic rings. The highest BCUT2D eigenvalue weighted by Gasteiger charge is 2.27. The zero-order chi connectivity index (χ0) is 10.1. The third-order valence-electron chi connectivity index (χ3n) is 2.23. The second-order valence-corrected chi connectivity index (χ2v) is 3.28. The summed E-state index contributed by atoms with van der Waals surface area (Å²) in [5, 5.41) is 10.1. The van der Waals surface area contributed by atoms with E-state index in [1.807, 2.05) is 24.3 Å². The average molecular weight is 192 g/mol. The summed E-state index contributed by atoms with van der Waals surface area (Å²) in [5.74, 6) is 0.772. The predicted octanol–water partition coefficient (Wildman–Crippen LogP) is 0.145. The highest BCUT2D eigenvalue weighted by Crippen LogP contribution is 2.20. The number of nitrogens with two attached hydrogens (primary N) is 1. The lowest BCUT2D eigenvalue weighted by atomic mass is 9.94. The maximum absolute atomic E-state index is 9.18. The second kappa shape index (κ2) is 3.26. The molecule has 0 amide bonds. The summed E-state index contributed by atoms with van der Waals surface area (Å²) >= 11 is 0. The standard InChI is InChI=1S/C9H12N4O/c1-13(14)9-11-7-5-3-2-4-6(7)8(10)12-9/h2-7,14H,1H3,(H2,10,11,12). The van der Waals surface area contributed by atoms with Crippen molar-refractivity contribution in [3.05, 3.63) is 24.3 Å². The molecule has 0 saturated carbocycles. The molecule has 0 bridgehead atoms. The van der Waals surface area contributed by atoms with E-state index in [4.69, 9.17) is 5.73 Å². The fourth-order valence-corrected chi connectivity index (χ4v) is 1.50. The number of hydrogen-bond donors (Lipinski definition) is 2. The average Bonchev–Trinajstić information content (AvgIpc) is 2.17. The number of aliphatic imine (C=N–C) groups is 2. The number of hydrogen-bond acceptors (Lipinski definition) is 5. The summed E-state index contributed by atoms with van der Waals surface area (Å²) in [4.78, 5) is 8.24. The maximum atomic E-state index is 9.18.